The van der Waals surface area contributed by atoms with Gasteiger partial charge in [0.15, 0.2) is 0 Å². The summed E-state index contributed by atoms with van der Waals surface area (Å²) >= 11 is 0. The number of aliphatic hydroxyl groups is 1. The van der Waals surface area contributed by atoms with Crippen LogP contribution in [0, 0.1) is 19.3 Å². The molecule has 208 valence electrons. The van der Waals surface area contributed by atoms with E-state index in [1.54, 1.807) is 20.8 Å². The third kappa shape index (κ3) is 6.96. The molecule has 0 saturated heterocycles. The lowest BCUT2D eigenvalue weighted by Crippen LogP contribution is -2.39. The summed E-state index contributed by atoms with van der Waals surface area (Å²) in [4.78, 5) is 0. The molecule has 2 aromatic carbocycles. The van der Waals surface area contributed by atoms with Gasteiger partial charge in [-0.1, -0.05) is 65.0 Å². The Hall–Kier alpha value is -1.89. The van der Waals surface area contributed by atoms with Crippen molar-refractivity contribution in [1.29, 1.82) is 0 Å². The average Bonchev–Trinajstić information content (AvgIpc) is 2.79. The van der Waals surface area contributed by atoms with Gasteiger partial charge >= 0.3 is 0 Å². The number of rotatable bonds is 10. The molecular formula is C31H49NO4S. The molecule has 0 aliphatic rings. The van der Waals surface area contributed by atoms with Crippen LogP contribution in [-0.2, 0) is 22.0 Å². The average molecular weight is 532 g/mol. The minimum absolute atomic E-state index is 0.173. The van der Waals surface area contributed by atoms with Crippen LogP contribution in [0.4, 0.5) is 0 Å². The predicted molar refractivity (Wildman–Crippen MR) is 155 cm³/mol. The molecule has 6 heteroatoms. The van der Waals surface area contributed by atoms with Crippen molar-refractivity contribution < 1.29 is 18.3 Å². The third-order valence-corrected chi connectivity index (χ3v) is 9.87. The molecule has 0 fully saturated rings. The van der Waals surface area contributed by atoms with Crippen molar-refractivity contribution >= 4 is 10.0 Å². The molecule has 0 saturated carbocycles. The number of ether oxygens (including phenoxy) is 1. The number of hydrogen-bond donors (Lipinski definition) is 2. The summed E-state index contributed by atoms with van der Waals surface area (Å²) < 4.78 is 33.1. The Morgan fingerprint density at radius 1 is 0.892 bits per heavy atom. The van der Waals surface area contributed by atoms with E-state index in [0.717, 1.165) is 35.3 Å². The van der Waals surface area contributed by atoms with Gasteiger partial charge in [0.05, 0.1) is 10.9 Å². The standard InChI is InChI=1S/C31H49NO4S/c1-12-31(13-2,25-15-14-24(21(3)18-25)20-32-37(34,35)30(9,10)11)26-16-17-27(22(4)19-26)36-23(5)28(33)29(6,7)8/h14-19,23,28,32-33H,12-13,20H2,1-11H3. The highest BCUT2D eigenvalue weighted by atomic mass is 32.2. The first-order chi connectivity index (χ1) is 16.9. The lowest BCUT2D eigenvalue weighted by molar-refractivity contribution is -0.0234. The third-order valence-electron chi connectivity index (χ3n) is 7.73. The van der Waals surface area contributed by atoms with Gasteiger partial charge in [-0.25, -0.2) is 13.1 Å². The van der Waals surface area contributed by atoms with E-state index < -0.39 is 20.9 Å². The number of benzene rings is 2. The van der Waals surface area contributed by atoms with Crippen LogP contribution in [0.2, 0.25) is 0 Å². The van der Waals surface area contributed by atoms with Crippen molar-refractivity contribution in [3.8, 4) is 5.75 Å². The molecule has 2 rings (SSSR count). The second kappa shape index (κ2) is 11.5. The van der Waals surface area contributed by atoms with E-state index in [4.69, 9.17) is 4.74 Å². The Bertz CT molecular complexity index is 1170. The van der Waals surface area contributed by atoms with E-state index in [9.17, 15) is 13.5 Å². The highest BCUT2D eigenvalue weighted by Crippen LogP contribution is 2.41. The molecular weight excluding hydrogens is 482 g/mol. The molecule has 0 radical (unpaired) electrons. The maximum atomic E-state index is 12.5. The molecule has 0 amide bonds. The Morgan fingerprint density at radius 3 is 1.84 bits per heavy atom. The smallest absolute Gasteiger partial charge is 0.216 e. The summed E-state index contributed by atoms with van der Waals surface area (Å²) in [7, 11) is -3.41. The summed E-state index contributed by atoms with van der Waals surface area (Å²) in [6.45, 7) is 21.9. The molecule has 0 aliphatic carbocycles. The van der Waals surface area contributed by atoms with Crippen molar-refractivity contribution in [3.63, 3.8) is 0 Å². The van der Waals surface area contributed by atoms with Crippen LogP contribution in [0.25, 0.3) is 0 Å². The van der Waals surface area contributed by atoms with Crippen LogP contribution in [0.5, 0.6) is 5.75 Å². The molecule has 0 spiro atoms. The van der Waals surface area contributed by atoms with Crippen molar-refractivity contribution in [2.45, 2.75) is 118 Å². The van der Waals surface area contributed by atoms with Gasteiger partial charge in [-0.15, -0.1) is 0 Å². The van der Waals surface area contributed by atoms with Gasteiger partial charge in [-0.2, -0.15) is 0 Å². The van der Waals surface area contributed by atoms with Gasteiger partial charge in [0.1, 0.15) is 11.9 Å². The Balaban J connectivity index is 2.37. The van der Waals surface area contributed by atoms with Crippen LogP contribution < -0.4 is 9.46 Å². The molecule has 0 aromatic heterocycles. The van der Waals surface area contributed by atoms with Crippen LogP contribution >= 0.6 is 0 Å². The van der Waals surface area contributed by atoms with E-state index in [1.165, 1.54) is 11.1 Å². The number of nitrogens with one attached hydrogen (secondary N) is 1. The number of hydrogen-bond acceptors (Lipinski definition) is 4. The van der Waals surface area contributed by atoms with E-state index in [-0.39, 0.29) is 23.5 Å². The first kappa shape index (κ1) is 31.3. The zero-order valence-corrected chi connectivity index (χ0v) is 25.6. The topological polar surface area (TPSA) is 75.6 Å². The highest BCUT2D eigenvalue weighted by Gasteiger charge is 2.33. The molecule has 5 nitrogen and oxygen atoms in total. The fourth-order valence-corrected chi connectivity index (χ4v) is 5.64. The predicted octanol–water partition coefficient (Wildman–Crippen LogP) is 6.80. The first-order valence-corrected chi connectivity index (χ1v) is 14.9. The monoisotopic (exact) mass is 531 g/mol. The molecule has 2 unspecified atom stereocenters. The van der Waals surface area contributed by atoms with Gasteiger partial charge in [-0.3, -0.25) is 0 Å². The van der Waals surface area contributed by atoms with Crippen LogP contribution in [0.1, 0.15) is 103 Å². The second-order valence-corrected chi connectivity index (χ2v) is 15.0. The van der Waals surface area contributed by atoms with Gasteiger partial charge in [0.2, 0.25) is 10.0 Å². The zero-order chi connectivity index (χ0) is 28.4. The number of aryl methyl sites for hydroxylation is 2. The fraction of sp³-hybridized carbons (Fsp3) is 0.613. The molecule has 2 N–H and O–H groups in total. The SMILES string of the molecule is CCC(CC)(c1ccc(CNS(=O)(=O)C(C)(C)C)c(C)c1)c1ccc(OC(C)C(O)C(C)(C)C)c(C)c1. The van der Waals surface area contributed by atoms with Crippen molar-refractivity contribution in [1.82, 2.24) is 4.72 Å². The zero-order valence-electron chi connectivity index (χ0n) is 24.8. The lowest BCUT2D eigenvalue weighted by Gasteiger charge is -2.35. The number of aliphatic hydroxyl groups excluding tert-OH is 1. The summed E-state index contributed by atoms with van der Waals surface area (Å²) in [5, 5.41) is 10.6. The fourth-order valence-electron chi connectivity index (χ4n) is 4.86. The van der Waals surface area contributed by atoms with Gasteiger partial charge in [-0.05, 0) is 93.7 Å². The second-order valence-electron chi connectivity index (χ2n) is 12.5. The molecule has 0 aliphatic heterocycles. The van der Waals surface area contributed by atoms with E-state index in [1.807, 2.05) is 40.7 Å². The highest BCUT2D eigenvalue weighted by molar-refractivity contribution is 7.90. The summed E-state index contributed by atoms with van der Waals surface area (Å²) in [6.07, 6.45) is 0.957. The van der Waals surface area contributed by atoms with Crippen LogP contribution in [0.15, 0.2) is 36.4 Å². The quantitative estimate of drug-likeness (QED) is 0.353. The molecule has 2 atom stereocenters. The van der Waals surface area contributed by atoms with E-state index in [0.29, 0.717) is 0 Å². The van der Waals surface area contributed by atoms with Crippen molar-refractivity contribution in [2.24, 2.45) is 5.41 Å². The van der Waals surface area contributed by atoms with Gasteiger partial charge in [0, 0.05) is 12.0 Å². The molecule has 2 aromatic rings. The number of sulfonamides is 1. The largest absolute Gasteiger partial charge is 0.488 e. The van der Waals surface area contributed by atoms with Crippen LogP contribution in [0.3, 0.4) is 0 Å². The maximum Gasteiger partial charge on any atom is 0.216 e. The Labute approximate surface area is 226 Å². The Morgan fingerprint density at radius 2 is 1.41 bits per heavy atom. The summed E-state index contributed by atoms with van der Waals surface area (Å²) in [5.74, 6) is 0.790. The van der Waals surface area contributed by atoms with Crippen LogP contribution in [-0.4, -0.2) is 30.5 Å². The molecule has 0 bridgehead atoms. The van der Waals surface area contributed by atoms with E-state index in [2.05, 4.69) is 55.8 Å². The van der Waals surface area contributed by atoms with Crippen molar-refractivity contribution in [3.05, 3.63) is 64.2 Å². The maximum absolute atomic E-state index is 12.5. The summed E-state index contributed by atoms with van der Waals surface area (Å²) in [5.41, 5.74) is 5.11. The first-order valence-electron chi connectivity index (χ1n) is 13.4. The minimum Gasteiger partial charge on any atom is -0.488 e. The Kier molecular flexibility index (Phi) is 9.71. The normalized spacial score (nSPS) is 14.9. The lowest BCUT2D eigenvalue weighted by atomic mass is 9.70. The van der Waals surface area contributed by atoms with E-state index >= 15 is 0 Å². The minimum atomic E-state index is -3.41. The van der Waals surface area contributed by atoms with Gasteiger partial charge < -0.3 is 9.84 Å². The van der Waals surface area contributed by atoms with Crippen molar-refractivity contribution in [2.75, 3.05) is 0 Å². The molecule has 37 heavy (non-hydrogen) atoms. The van der Waals surface area contributed by atoms with Gasteiger partial charge in [0.25, 0.3) is 0 Å². The molecule has 0 heterocycles. The summed E-state index contributed by atoms with van der Waals surface area (Å²) in [6, 6.07) is 12.8.